The number of para-hydroxylation sites is 1. The van der Waals surface area contributed by atoms with Gasteiger partial charge in [-0.05, 0) is 30.9 Å². The van der Waals surface area contributed by atoms with E-state index in [9.17, 15) is 8.42 Å². The maximum absolute atomic E-state index is 13.3. The number of hydrogen-bond donors (Lipinski definition) is 0. The molecule has 0 spiro atoms. The summed E-state index contributed by atoms with van der Waals surface area (Å²) in [4.78, 5) is 0.331. The fourth-order valence-corrected chi connectivity index (χ4v) is 5.21. The first kappa shape index (κ1) is 18.1. The van der Waals surface area contributed by atoms with Crippen LogP contribution >= 0.6 is 0 Å². The number of rotatable bonds is 3. The van der Waals surface area contributed by atoms with Gasteiger partial charge in [-0.1, -0.05) is 45.9 Å². The van der Waals surface area contributed by atoms with Crippen LogP contribution in [0.25, 0.3) is 5.69 Å². The summed E-state index contributed by atoms with van der Waals surface area (Å²) in [5.74, 6) is 0.394. The average Bonchev–Trinajstić information content (AvgIpc) is 3.02. The standard InChI is InChI=1S/C19H27N3O2S/c1-15-9-8-12-21(13-15)25(23,24)17-14-22(16-10-6-5-7-11-16)20-18(17)19(2,3)4/h5-7,10-11,14-15H,8-9,12-13H2,1-4H3. The predicted molar refractivity (Wildman–Crippen MR) is 99.4 cm³/mol. The highest BCUT2D eigenvalue weighted by Crippen LogP contribution is 2.32. The third-order valence-electron chi connectivity index (χ3n) is 4.65. The van der Waals surface area contributed by atoms with Gasteiger partial charge in [0.2, 0.25) is 10.0 Å². The smallest absolute Gasteiger partial charge is 0.239 e. The molecule has 0 saturated carbocycles. The van der Waals surface area contributed by atoms with Crippen LogP contribution in [0.1, 0.15) is 46.2 Å². The van der Waals surface area contributed by atoms with E-state index in [1.807, 2.05) is 51.1 Å². The van der Waals surface area contributed by atoms with Crippen molar-refractivity contribution in [3.8, 4) is 5.69 Å². The van der Waals surface area contributed by atoms with Crippen LogP contribution in [0.2, 0.25) is 0 Å². The SMILES string of the molecule is CC1CCCN(S(=O)(=O)c2cn(-c3ccccc3)nc2C(C)(C)C)C1. The molecule has 2 aromatic rings. The van der Waals surface area contributed by atoms with E-state index in [0.29, 0.717) is 29.6 Å². The van der Waals surface area contributed by atoms with Crippen molar-refractivity contribution in [2.75, 3.05) is 13.1 Å². The van der Waals surface area contributed by atoms with Crippen molar-refractivity contribution in [3.05, 3.63) is 42.2 Å². The summed E-state index contributed by atoms with van der Waals surface area (Å²) in [5, 5.41) is 4.64. The highest BCUT2D eigenvalue weighted by molar-refractivity contribution is 7.89. The van der Waals surface area contributed by atoms with Crippen molar-refractivity contribution in [2.45, 2.75) is 50.8 Å². The first-order chi connectivity index (χ1) is 11.7. The molecule has 3 rings (SSSR count). The molecule has 136 valence electrons. The number of hydrogen-bond acceptors (Lipinski definition) is 3. The molecule has 1 aliphatic heterocycles. The van der Waals surface area contributed by atoms with Crippen molar-refractivity contribution in [3.63, 3.8) is 0 Å². The third kappa shape index (κ3) is 3.65. The Hall–Kier alpha value is -1.66. The van der Waals surface area contributed by atoms with Crippen LogP contribution in [-0.4, -0.2) is 35.6 Å². The molecule has 5 nitrogen and oxygen atoms in total. The second-order valence-corrected chi connectivity index (χ2v) is 9.89. The minimum Gasteiger partial charge on any atom is -0.239 e. The molecule has 1 aliphatic rings. The molecule has 0 N–H and O–H groups in total. The van der Waals surface area contributed by atoms with Gasteiger partial charge >= 0.3 is 0 Å². The fourth-order valence-electron chi connectivity index (χ4n) is 3.28. The second kappa shape index (κ2) is 6.57. The van der Waals surface area contributed by atoms with Gasteiger partial charge in [-0.3, -0.25) is 0 Å². The molecule has 0 amide bonds. The van der Waals surface area contributed by atoms with Crippen molar-refractivity contribution < 1.29 is 8.42 Å². The van der Waals surface area contributed by atoms with Crippen LogP contribution in [0.3, 0.4) is 0 Å². The number of nitrogens with zero attached hydrogens (tertiary/aromatic N) is 3. The molecule has 0 radical (unpaired) electrons. The zero-order chi connectivity index (χ0) is 18.2. The maximum atomic E-state index is 13.3. The molecular formula is C19H27N3O2S. The number of sulfonamides is 1. The van der Waals surface area contributed by atoms with E-state index >= 15 is 0 Å². The summed E-state index contributed by atoms with van der Waals surface area (Å²) in [6, 6.07) is 9.64. The number of benzene rings is 1. The maximum Gasteiger partial charge on any atom is 0.246 e. The zero-order valence-corrected chi connectivity index (χ0v) is 16.3. The zero-order valence-electron chi connectivity index (χ0n) is 15.4. The van der Waals surface area contributed by atoms with Crippen LogP contribution in [0, 0.1) is 5.92 Å². The Morgan fingerprint density at radius 1 is 1.16 bits per heavy atom. The largest absolute Gasteiger partial charge is 0.246 e. The van der Waals surface area contributed by atoms with Gasteiger partial charge < -0.3 is 0 Å². The van der Waals surface area contributed by atoms with E-state index in [2.05, 4.69) is 12.0 Å². The Labute approximate surface area is 150 Å². The lowest BCUT2D eigenvalue weighted by atomic mass is 9.92. The minimum absolute atomic E-state index is 0.331. The van der Waals surface area contributed by atoms with Crippen molar-refractivity contribution in [2.24, 2.45) is 5.92 Å². The molecule has 1 unspecified atom stereocenters. The van der Waals surface area contributed by atoms with Crippen LogP contribution < -0.4 is 0 Å². The van der Waals surface area contributed by atoms with Crippen LogP contribution in [0.15, 0.2) is 41.4 Å². The fraction of sp³-hybridized carbons (Fsp3) is 0.526. The van der Waals surface area contributed by atoms with Gasteiger partial charge in [0.15, 0.2) is 0 Å². The Balaban J connectivity index is 2.09. The van der Waals surface area contributed by atoms with E-state index in [0.717, 1.165) is 18.5 Å². The molecule has 1 aromatic heterocycles. The molecule has 0 bridgehead atoms. The topological polar surface area (TPSA) is 55.2 Å². The van der Waals surface area contributed by atoms with Gasteiger partial charge in [-0.25, -0.2) is 13.1 Å². The molecule has 6 heteroatoms. The molecule has 1 atom stereocenters. The van der Waals surface area contributed by atoms with Crippen LogP contribution in [-0.2, 0) is 15.4 Å². The molecule has 2 heterocycles. The summed E-state index contributed by atoms with van der Waals surface area (Å²) < 4.78 is 29.9. The van der Waals surface area contributed by atoms with E-state index in [-0.39, 0.29) is 5.41 Å². The number of piperidine rings is 1. The second-order valence-electron chi connectivity index (χ2n) is 7.98. The third-order valence-corrected chi connectivity index (χ3v) is 6.52. The first-order valence-corrected chi connectivity index (χ1v) is 10.3. The summed E-state index contributed by atoms with van der Waals surface area (Å²) >= 11 is 0. The van der Waals surface area contributed by atoms with E-state index in [1.165, 1.54) is 0 Å². The molecule has 25 heavy (non-hydrogen) atoms. The summed E-state index contributed by atoms with van der Waals surface area (Å²) in [6.07, 6.45) is 3.67. The van der Waals surface area contributed by atoms with Gasteiger partial charge in [-0.15, -0.1) is 0 Å². The summed E-state index contributed by atoms with van der Waals surface area (Å²) in [5.41, 5.74) is 1.13. The summed E-state index contributed by atoms with van der Waals surface area (Å²) in [7, 11) is -3.55. The predicted octanol–water partition coefficient (Wildman–Crippen LogP) is 3.59. The monoisotopic (exact) mass is 361 g/mol. The van der Waals surface area contributed by atoms with Crippen molar-refractivity contribution >= 4 is 10.0 Å². The lowest BCUT2D eigenvalue weighted by Gasteiger charge is -2.30. The molecule has 1 aromatic carbocycles. The highest BCUT2D eigenvalue weighted by Gasteiger charge is 2.35. The Morgan fingerprint density at radius 2 is 1.84 bits per heavy atom. The van der Waals surface area contributed by atoms with Gasteiger partial charge in [0, 0.05) is 18.5 Å². The lowest BCUT2D eigenvalue weighted by molar-refractivity contribution is 0.281. The molecule has 1 saturated heterocycles. The van der Waals surface area contributed by atoms with E-state index in [4.69, 9.17) is 0 Å². The minimum atomic E-state index is -3.55. The van der Waals surface area contributed by atoms with Crippen LogP contribution in [0.5, 0.6) is 0 Å². The Kier molecular flexibility index (Phi) is 4.77. The van der Waals surface area contributed by atoms with Gasteiger partial charge in [0.05, 0.1) is 17.6 Å². The molecule has 0 aliphatic carbocycles. The molecule has 1 fully saturated rings. The van der Waals surface area contributed by atoms with Gasteiger partial charge in [0.1, 0.15) is 4.90 Å². The molecular weight excluding hydrogens is 334 g/mol. The first-order valence-electron chi connectivity index (χ1n) is 8.85. The van der Waals surface area contributed by atoms with Crippen LogP contribution in [0.4, 0.5) is 0 Å². The van der Waals surface area contributed by atoms with E-state index in [1.54, 1.807) is 15.2 Å². The Morgan fingerprint density at radius 3 is 2.44 bits per heavy atom. The van der Waals surface area contributed by atoms with Gasteiger partial charge in [0.25, 0.3) is 0 Å². The lowest BCUT2D eigenvalue weighted by Crippen LogP contribution is -2.39. The average molecular weight is 362 g/mol. The Bertz CT molecular complexity index is 835. The normalized spacial score (nSPS) is 19.9. The quantitative estimate of drug-likeness (QED) is 0.839. The highest BCUT2D eigenvalue weighted by atomic mass is 32.2. The number of aromatic nitrogens is 2. The van der Waals surface area contributed by atoms with Crippen molar-refractivity contribution in [1.82, 2.24) is 14.1 Å². The van der Waals surface area contributed by atoms with Gasteiger partial charge in [-0.2, -0.15) is 9.40 Å². The summed E-state index contributed by atoms with van der Waals surface area (Å²) in [6.45, 7) is 9.29. The van der Waals surface area contributed by atoms with Crippen molar-refractivity contribution in [1.29, 1.82) is 0 Å². The van der Waals surface area contributed by atoms with E-state index < -0.39 is 10.0 Å².